The number of rotatable bonds is 4. The Morgan fingerprint density at radius 3 is 1.40 bits per heavy atom. The monoisotopic (exact) mass is 420 g/mol. The van der Waals surface area contributed by atoms with Crippen LogP contribution in [0.2, 0.25) is 5.02 Å². The predicted molar refractivity (Wildman–Crippen MR) is 133 cm³/mol. The van der Waals surface area contributed by atoms with Gasteiger partial charge in [0.1, 0.15) is 0 Å². The van der Waals surface area contributed by atoms with E-state index in [2.05, 4.69) is 120 Å². The first kappa shape index (κ1) is 22.2. The number of anilines is 4. The third kappa shape index (κ3) is 5.37. The van der Waals surface area contributed by atoms with E-state index in [4.69, 9.17) is 11.6 Å². The lowest BCUT2D eigenvalue weighted by Gasteiger charge is -2.21. The topological polar surface area (TPSA) is 24.1 Å². The van der Waals surface area contributed by atoms with Crippen molar-refractivity contribution in [2.45, 2.75) is 59.3 Å². The van der Waals surface area contributed by atoms with Gasteiger partial charge in [0.05, 0.1) is 16.4 Å². The Morgan fingerprint density at radius 1 is 0.633 bits per heavy atom. The number of benzene rings is 3. The van der Waals surface area contributed by atoms with Crippen molar-refractivity contribution in [3.63, 3.8) is 0 Å². The van der Waals surface area contributed by atoms with Crippen LogP contribution >= 0.6 is 11.6 Å². The van der Waals surface area contributed by atoms with Gasteiger partial charge in [-0.25, -0.2) is 0 Å². The van der Waals surface area contributed by atoms with Crippen LogP contribution in [-0.4, -0.2) is 0 Å². The van der Waals surface area contributed by atoms with Crippen molar-refractivity contribution in [2.75, 3.05) is 10.6 Å². The summed E-state index contributed by atoms with van der Waals surface area (Å²) >= 11 is 6.81. The zero-order chi connectivity index (χ0) is 22.1. The molecule has 0 bridgehead atoms. The van der Waals surface area contributed by atoms with Gasteiger partial charge in [0.15, 0.2) is 0 Å². The summed E-state index contributed by atoms with van der Waals surface area (Å²) in [7, 11) is 0. The van der Waals surface area contributed by atoms with Crippen molar-refractivity contribution in [1.82, 2.24) is 0 Å². The minimum absolute atomic E-state index is 0.0961. The van der Waals surface area contributed by atoms with Crippen LogP contribution in [0.3, 0.4) is 0 Å². The molecule has 0 aromatic heterocycles. The molecule has 0 aliphatic rings. The third-order valence-corrected chi connectivity index (χ3v) is 5.64. The highest BCUT2D eigenvalue weighted by atomic mass is 35.5. The van der Waals surface area contributed by atoms with Gasteiger partial charge in [0.25, 0.3) is 0 Å². The molecule has 0 unspecified atom stereocenters. The molecule has 0 aliphatic carbocycles. The number of hydrogen-bond acceptors (Lipinski definition) is 2. The zero-order valence-electron chi connectivity index (χ0n) is 19.2. The van der Waals surface area contributed by atoms with Gasteiger partial charge in [0.2, 0.25) is 0 Å². The minimum Gasteiger partial charge on any atom is -0.354 e. The van der Waals surface area contributed by atoms with E-state index in [1.807, 2.05) is 0 Å². The largest absolute Gasteiger partial charge is 0.354 e. The van der Waals surface area contributed by atoms with E-state index in [0.29, 0.717) is 5.02 Å². The van der Waals surface area contributed by atoms with Crippen molar-refractivity contribution in [2.24, 2.45) is 0 Å². The molecular weight excluding hydrogens is 388 g/mol. The summed E-state index contributed by atoms with van der Waals surface area (Å²) in [6.07, 6.45) is 0. The van der Waals surface area contributed by atoms with Gasteiger partial charge < -0.3 is 10.6 Å². The average Bonchev–Trinajstić information content (AvgIpc) is 2.64. The van der Waals surface area contributed by atoms with E-state index < -0.39 is 0 Å². The highest BCUT2D eigenvalue weighted by Crippen LogP contribution is 2.37. The molecule has 2 nitrogen and oxygen atoms in total. The molecule has 0 saturated carbocycles. The van der Waals surface area contributed by atoms with Crippen LogP contribution in [0, 0.1) is 6.92 Å². The molecule has 0 atom stereocenters. The first-order chi connectivity index (χ1) is 13.9. The summed E-state index contributed by atoms with van der Waals surface area (Å²) in [5, 5.41) is 7.71. The summed E-state index contributed by atoms with van der Waals surface area (Å²) in [4.78, 5) is 0. The summed E-state index contributed by atoms with van der Waals surface area (Å²) < 4.78 is 0. The molecule has 0 radical (unpaired) electrons. The molecule has 0 fully saturated rings. The third-order valence-electron chi connectivity index (χ3n) is 5.23. The first-order valence-electron chi connectivity index (χ1n) is 10.5. The molecule has 0 aliphatic heterocycles. The zero-order valence-corrected chi connectivity index (χ0v) is 19.9. The lowest BCUT2D eigenvalue weighted by molar-refractivity contribution is 0.590. The van der Waals surface area contributed by atoms with Crippen LogP contribution in [0.4, 0.5) is 22.7 Å². The Labute approximate surface area is 186 Å². The molecule has 0 heterocycles. The van der Waals surface area contributed by atoms with Crippen LogP contribution in [0.5, 0.6) is 0 Å². The summed E-state index contributed by atoms with van der Waals surface area (Å²) in [5.74, 6) is 0. The molecule has 158 valence electrons. The van der Waals surface area contributed by atoms with Gasteiger partial charge >= 0.3 is 0 Å². The fraction of sp³-hybridized carbons (Fsp3) is 0.333. The van der Waals surface area contributed by atoms with Gasteiger partial charge in [-0.3, -0.25) is 0 Å². The SMILES string of the molecule is Cc1cc(Nc2cccc(C(C)(C)C)c2)c(Cl)c(Nc2cccc(C(C)(C)C)c2)c1. The van der Waals surface area contributed by atoms with E-state index >= 15 is 0 Å². The van der Waals surface area contributed by atoms with Crippen LogP contribution in [0.1, 0.15) is 58.2 Å². The van der Waals surface area contributed by atoms with E-state index in [1.165, 1.54) is 11.1 Å². The van der Waals surface area contributed by atoms with Gasteiger partial charge in [0, 0.05) is 11.4 Å². The lowest BCUT2D eigenvalue weighted by Crippen LogP contribution is -2.11. The number of hydrogen-bond donors (Lipinski definition) is 2. The molecule has 0 spiro atoms. The van der Waals surface area contributed by atoms with Crippen LogP contribution in [0.15, 0.2) is 60.7 Å². The maximum Gasteiger partial charge on any atom is 0.0875 e. The lowest BCUT2D eigenvalue weighted by atomic mass is 9.87. The van der Waals surface area contributed by atoms with Crippen LogP contribution in [0.25, 0.3) is 0 Å². The molecular formula is C27H33ClN2. The second-order valence-electron chi connectivity index (χ2n) is 10.1. The highest BCUT2D eigenvalue weighted by molar-refractivity contribution is 6.36. The fourth-order valence-electron chi connectivity index (χ4n) is 3.39. The molecule has 3 heteroatoms. The van der Waals surface area contributed by atoms with Crippen molar-refractivity contribution < 1.29 is 0 Å². The molecule has 30 heavy (non-hydrogen) atoms. The molecule has 0 saturated heterocycles. The number of aryl methyl sites for hydroxylation is 1. The van der Waals surface area contributed by atoms with Crippen LogP contribution < -0.4 is 10.6 Å². The second kappa shape index (κ2) is 8.35. The van der Waals surface area contributed by atoms with Crippen molar-refractivity contribution in [3.05, 3.63) is 82.4 Å². The molecule has 3 aromatic rings. The Hall–Kier alpha value is -2.45. The number of nitrogens with one attached hydrogen (secondary N) is 2. The Kier molecular flexibility index (Phi) is 6.19. The summed E-state index contributed by atoms with van der Waals surface area (Å²) in [6.45, 7) is 15.4. The van der Waals surface area contributed by atoms with Crippen molar-refractivity contribution in [1.29, 1.82) is 0 Å². The second-order valence-corrected chi connectivity index (χ2v) is 10.5. The Balaban J connectivity index is 1.92. The molecule has 3 rings (SSSR count). The number of halogens is 1. The van der Waals surface area contributed by atoms with E-state index in [0.717, 1.165) is 28.3 Å². The fourth-order valence-corrected chi connectivity index (χ4v) is 3.59. The maximum absolute atomic E-state index is 6.81. The normalized spacial score (nSPS) is 12.0. The maximum atomic E-state index is 6.81. The Bertz CT molecular complexity index is 959. The summed E-state index contributed by atoms with van der Waals surface area (Å²) in [6, 6.07) is 21.2. The Morgan fingerprint density at radius 2 is 1.03 bits per heavy atom. The van der Waals surface area contributed by atoms with E-state index in [1.54, 1.807) is 0 Å². The van der Waals surface area contributed by atoms with Gasteiger partial charge in [-0.05, 0) is 70.8 Å². The average molecular weight is 421 g/mol. The van der Waals surface area contributed by atoms with Crippen molar-refractivity contribution in [3.8, 4) is 0 Å². The summed E-state index contributed by atoms with van der Waals surface area (Å²) in [5.41, 5.74) is 7.78. The van der Waals surface area contributed by atoms with E-state index in [-0.39, 0.29) is 10.8 Å². The van der Waals surface area contributed by atoms with Crippen molar-refractivity contribution >= 4 is 34.4 Å². The van der Waals surface area contributed by atoms with E-state index in [9.17, 15) is 0 Å². The quantitative estimate of drug-likeness (QED) is 0.440. The highest BCUT2D eigenvalue weighted by Gasteiger charge is 2.16. The van der Waals surface area contributed by atoms with Crippen LogP contribution in [-0.2, 0) is 10.8 Å². The van der Waals surface area contributed by atoms with Gasteiger partial charge in [-0.2, -0.15) is 0 Å². The van der Waals surface area contributed by atoms with Gasteiger partial charge in [-0.15, -0.1) is 0 Å². The van der Waals surface area contributed by atoms with Gasteiger partial charge in [-0.1, -0.05) is 77.4 Å². The molecule has 3 aromatic carbocycles. The molecule has 0 amide bonds. The molecule has 2 N–H and O–H groups in total. The minimum atomic E-state index is 0.0961. The smallest absolute Gasteiger partial charge is 0.0875 e. The standard InChI is InChI=1S/C27H33ClN2/c1-18-14-23(29-21-12-8-10-19(16-21)26(2,3)4)25(28)24(15-18)30-22-13-9-11-20(17-22)27(5,6)7/h8-17,29-30H,1-7H3. The predicted octanol–water partition coefficient (Wildman–Crippen LogP) is 8.73. The first-order valence-corrected chi connectivity index (χ1v) is 10.9.